The van der Waals surface area contributed by atoms with E-state index >= 15 is 0 Å². The maximum atomic E-state index is 9.85. The standard InChI is InChI=1S/C13H21N3O/c1-3-12(17)11-4-5-13(15-10(11)2)16-8-6-14-7-9-16/h4-5,12,14,17H,3,6-9H2,1-2H3. The smallest absolute Gasteiger partial charge is 0.128 e. The summed E-state index contributed by atoms with van der Waals surface area (Å²) >= 11 is 0. The lowest BCUT2D eigenvalue weighted by atomic mass is 10.1. The van der Waals surface area contributed by atoms with E-state index in [2.05, 4.69) is 15.2 Å². The summed E-state index contributed by atoms with van der Waals surface area (Å²) in [4.78, 5) is 6.89. The number of hydrogen-bond acceptors (Lipinski definition) is 4. The number of hydrogen-bond donors (Lipinski definition) is 2. The second kappa shape index (κ2) is 5.47. The third-order valence-electron chi connectivity index (χ3n) is 3.30. The minimum absolute atomic E-state index is 0.389. The van der Waals surface area contributed by atoms with E-state index in [4.69, 9.17) is 0 Å². The van der Waals surface area contributed by atoms with E-state index in [1.54, 1.807) is 0 Å². The van der Waals surface area contributed by atoms with Crippen LogP contribution >= 0.6 is 0 Å². The van der Waals surface area contributed by atoms with Gasteiger partial charge in [0.1, 0.15) is 5.82 Å². The normalized spacial score (nSPS) is 18.2. The van der Waals surface area contributed by atoms with Crippen molar-refractivity contribution in [2.75, 3.05) is 31.1 Å². The van der Waals surface area contributed by atoms with Crippen LogP contribution in [0.5, 0.6) is 0 Å². The van der Waals surface area contributed by atoms with Crippen LogP contribution in [-0.4, -0.2) is 36.3 Å². The van der Waals surface area contributed by atoms with Crippen molar-refractivity contribution in [2.24, 2.45) is 0 Å². The monoisotopic (exact) mass is 235 g/mol. The van der Waals surface area contributed by atoms with Gasteiger partial charge in [0.2, 0.25) is 0 Å². The minimum atomic E-state index is -0.389. The minimum Gasteiger partial charge on any atom is -0.388 e. The van der Waals surface area contributed by atoms with Gasteiger partial charge >= 0.3 is 0 Å². The average molecular weight is 235 g/mol. The third kappa shape index (κ3) is 2.76. The Hall–Kier alpha value is -1.13. The Morgan fingerprint density at radius 1 is 1.41 bits per heavy atom. The Morgan fingerprint density at radius 3 is 2.71 bits per heavy atom. The predicted octanol–water partition coefficient (Wildman–Crippen LogP) is 1.24. The molecule has 0 aromatic carbocycles. The zero-order chi connectivity index (χ0) is 12.3. The van der Waals surface area contributed by atoms with Crippen molar-refractivity contribution in [3.05, 3.63) is 23.4 Å². The van der Waals surface area contributed by atoms with E-state index in [1.807, 2.05) is 26.0 Å². The molecule has 1 aliphatic rings. The number of nitrogens with one attached hydrogen (secondary N) is 1. The highest BCUT2D eigenvalue weighted by molar-refractivity contribution is 5.42. The second-order valence-corrected chi connectivity index (χ2v) is 4.51. The van der Waals surface area contributed by atoms with Gasteiger partial charge in [0.05, 0.1) is 6.10 Å². The second-order valence-electron chi connectivity index (χ2n) is 4.51. The highest BCUT2D eigenvalue weighted by atomic mass is 16.3. The van der Waals surface area contributed by atoms with E-state index in [0.717, 1.165) is 49.7 Å². The lowest BCUT2D eigenvalue weighted by Crippen LogP contribution is -2.43. The molecule has 2 N–H and O–H groups in total. The number of piperazine rings is 1. The maximum absolute atomic E-state index is 9.85. The van der Waals surface area contributed by atoms with Gasteiger partial charge in [-0.3, -0.25) is 0 Å². The number of aryl methyl sites for hydroxylation is 1. The first-order chi connectivity index (χ1) is 8.22. The molecule has 1 atom stereocenters. The molecule has 0 amide bonds. The van der Waals surface area contributed by atoms with Crippen molar-refractivity contribution in [3.63, 3.8) is 0 Å². The first-order valence-corrected chi connectivity index (χ1v) is 6.33. The SMILES string of the molecule is CCC(O)c1ccc(N2CCNCC2)nc1C. The molecule has 1 fully saturated rings. The molecule has 94 valence electrons. The molecule has 1 aliphatic heterocycles. The average Bonchev–Trinajstić information content (AvgIpc) is 2.39. The predicted molar refractivity (Wildman–Crippen MR) is 69.3 cm³/mol. The van der Waals surface area contributed by atoms with Gasteiger partial charge in [-0.2, -0.15) is 0 Å². The van der Waals surface area contributed by atoms with Gasteiger partial charge in [-0.05, 0) is 19.4 Å². The van der Waals surface area contributed by atoms with Gasteiger partial charge in [0, 0.05) is 37.4 Å². The fourth-order valence-electron chi connectivity index (χ4n) is 2.20. The number of rotatable bonds is 3. The van der Waals surface area contributed by atoms with Crippen LogP contribution in [0.4, 0.5) is 5.82 Å². The van der Waals surface area contributed by atoms with Crippen LogP contribution in [0.25, 0.3) is 0 Å². The molecule has 0 bridgehead atoms. The summed E-state index contributed by atoms with van der Waals surface area (Å²) in [6, 6.07) is 4.03. The number of aliphatic hydroxyl groups excluding tert-OH is 1. The Labute approximate surface area is 103 Å². The summed E-state index contributed by atoms with van der Waals surface area (Å²) in [5, 5.41) is 13.2. The van der Waals surface area contributed by atoms with Crippen LogP contribution in [0.2, 0.25) is 0 Å². The molecule has 17 heavy (non-hydrogen) atoms. The molecular formula is C13H21N3O. The summed E-state index contributed by atoms with van der Waals surface area (Å²) < 4.78 is 0. The van der Waals surface area contributed by atoms with E-state index in [1.165, 1.54) is 0 Å². The lowest BCUT2D eigenvalue weighted by molar-refractivity contribution is 0.172. The molecule has 0 aliphatic carbocycles. The zero-order valence-electron chi connectivity index (χ0n) is 10.6. The maximum Gasteiger partial charge on any atom is 0.128 e. The first-order valence-electron chi connectivity index (χ1n) is 6.33. The highest BCUT2D eigenvalue weighted by Gasteiger charge is 2.14. The van der Waals surface area contributed by atoms with Gasteiger partial charge in [-0.25, -0.2) is 4.98 Å². The van der Waals surface area contributed by atoms with Gasteiger partial charge in [0.25, 0.3) is 0 Å². The zero-order valence-corrected chi connectivity index (χ0v) is 10.6. The van der Waals surface area contributed by atoms with Crippen LogP contribution in [0.1, 0.15) is 30.7 Å². The largest absolute Gasteiger partial charge is 0.388 e. The van der Waals surface area contributed by atoms with Crippen molar-refractivity contribution in [1.29, 1.82) is 0 Å². The first kappa shape index (κ1) is 12.3. The molecule has 1 saturated heterocycles. The van der Waals surface area contributed by atoms with Crippen LogP contribution in [0.3, 0.4) is 0 Å². The van der Waals surface area contributed by atoms with Crippen LogP contribution in [-0.2, 0) is 0 Å². The third-order valence-corrected chi connectivity index (χ3v) is 3.30. The quantitative estimate of drug-likeness (QED) is 0.827. The Kier molecular flexibility index (Phi) is 3.97. The number of aliphatic hydroxyl groups is 1. The Bertz CT molecular complexity index is 375. The molecule has 2 heterocycles. The van der Waals surface area contributed by atoms with E-state index in [-0.39, 0.29) is 6.10 Å². The van der Waals surface area contributed by atoms with E-state index in [9.17, 15) is 5.11 Å². The Balaban J connectivity index is 2.17. The number of anilines is 1. The summed E-state index contributed by atoms with van der Waals surface area (Å²) in [6.07, 6.45) is 0.342. The molecule has 1 aromatic heterocycles. The molecule has 0 spiro atoms. The van der Waals surface area contributed by atoms with Crippen LogP contribution in [0.15, 0.2) is 12.1 Å². The number of aromatic nitrogens is 1. The molecular weight excluding hydrogens is 214 g/mol. The molecule has 2 rings (SSSR count). The van der Waals surface area contributed by atoms with E-state index < -0.39 is 0 Å². The fourth-order valence-corrected chi connectivity index (χ4v) is 2.20. The van der Waals surface area contributed by atoms with E-state index in [0.29, 0.717) is 0 Å². The van der Waals surface area contributed by atoms with Crippen molar-refractivity contribution in [2.45, 2.75) is 26.4 Å². The van der Waals surface area contributed by atoms with Gasteiger partial charge in [0.15, 0.2) is 0 Å². The molecule has 0 radical (unpaired) electrons. The molecule has 1 aromatic rings. The summed E-state index contributed by atoms with van der Waals surface area (Å²) in [5.74, 6) is 1.02. The van der Waals surface area contributed by atoms with Gasteiger partial charge in [-0.1, -0.05) is 13.0 Å². The lowest BCUT2D eigenvalue weighted by Gasteiger charge is -2.29. The van der Waals surface area contributed by atoms with Gasteiger partial charge < -0.3 is 15.3 Å². The molecule has 4 heteroatoms. The summed E-state index contributed by atoms with van der Waals surface area (Å²) in [7, 11) is 0. The van der Waals surface area contributed by atoms with Crippen LogP contribution in [0, 0.1) is 6.92 Å². The number of nitrogens with zero attached hydrogens (tertiary/aromatic N) is 2. The van der Waals surface area contributed by atoms with Crippen molar-refractivity contribution in [1.82, 2.24) is 10.3 Å². The van der Waals surface area contributed by atoms with Crippen molar-refractivity contribution >= 4 is 5.82 Å². The summed E-state index contributed by atoms with van der Waals surface area (Å²) in [6.45, 7) is 7.98. The molecule has 4 nitrogen and oxygen atoms in total. The molecule has 0 saturated carbocycles. The summed E-state index contributed by atoms with van der Waals surface area (Å²) in [5.41, 5.74) is 1.89. The Morgan fingerprint density at radius 2 is 2.12 bits per heavy atom. The fraction of sp³-hybridized carbons (Fsp3) is 0.615. The number of pyridine rings is 1. The van der Waals surface area contributed by atoms with Crippen LogP contribution < -0.4 is 10.2 Å². The van der Waals surface area contributed by atoms with Gasteiger partial charge in [-0.15, -0.1) is 0 Å². The van der Waals surface area contributed by atoms with Crippen molar-refractivity contribution < 1.29 is 5.11 Å². The molecule has 1 unspecified atom stereocenters. The van der Waals surface area contributed by atoms with Crippen molar-refractivity contribution in [3.8, 4) is 0 Å². The topological polar surface area (TPSA) is 48.4 Å². The highest BCUT2D eigenvalue weighted by Crippen LogP contribution is 2.22.